The summed E-state index contributed by atoms with van der Waals surface area (Å²) in [5, 5.41) is 3.41. The largest absolute Gasteiger partial charge is 0.333 e. The van der Waals surface area contributed by atoms with Gasteiger partial charge in [0.2, 0.25) is 0 Å². The van der Waals surface area contributed by atoms with Crippen molar-refractivity contribution in [2.24, 2.45) is 0 Å². The van der Waals surface area contributed by atoms with E-state index in [0.717, 1.165) is 29.1 Å². The first-order chi connectivity index (χ1) is 9.04. The molecule has 1 aliphatic heterocycles. The number of nitrogens with zero attached hydrogens (tertiary/aromatic N) is 1. The molecule has 1 amide bonds. The Morgan fingerprint density at radius 3 is 2.84 bits per heavy atom. The molecule has 0 bridgehead atoms. The number of carbonyl (C=O) groups excluding carboxylic acids is 1. The summed E-state index contributed by atoms with van der Waals surface area (Å²) in [6, 6.07) is 6.71. The second-order valence-corrected chi connectivity index (χ2v) is 6.04. The van der Waals surface area contributed by atoms with E-state index in [2.05, 4.69) is 25.2 Å². The summed E-state index contributed by atoms with van der Waals surface area (Å²) in [5.41, 5.74) is 1.90. The van der Waals surface area contributed by atoms with Gasteiger partial charge in [-0.25, -0.2) is 0 Å². The van der Waals surface area contributed by atoms with E-state index in [-0.39, 0.29) is 11.9 Å². The second kappa shape index (κ2) is 5.97. The van der Waals surface area contributed by atoms with Crippen LogP contribution in [0.15, 0.2) is 23.1 Å². The average molecular weight is 278 g/mol. The molecule has 3 nitrogen and oxygen atoms in total. The van der Waals surface area contributed by atoms with Crippen LogP contribution in [-0.2, 0) is 0 Å². The Balaban J connectivity index is 2.28. The van der Waals surface area contributed by atoms with Crippen molar-refractivity contribution in [1.29, 1.82) is 0 Å². The zero-order chi connectivity index (χ0) is 14.0. The number of thioether (sulfide) groups is 1. The van der Waals surface area contributed by atoms with E-state index in [1.165, 1.54) is 0 Å². The Hall–Kier alpha value is -1.00. The third kappa shape index (κ3) is 2.95. The van der Waals surface area contributed by atoms with Crippen LogP contribution in [0.3, 0.4) is 0 Å². The Morgan fingerprint density at radius 1 is 1.42 bits per heavy atom. The summed E-state index contributed by atoms with van der Waals surface area (Å²) in [6.07, 6.45) is 2.04. The minimum Gasteiger partial charge on any atom is -0.333 e. The maximum atomic E-state index is 12.7. The average Bonchev–Trinajstić information content (AvgIpc) is 2.42. The normalized spacial score (nSPS) is 23.5. The molecule has 4 heteroatoms. The first-order valence-corrected chi connectivity index (χ1v) is 7.96. The highest BCUT2D eigenvalue weighted by molar-refractivity contribution is 7.98. The Bertz CT molecular complexity index is 475. The molecule has 1 aliphatic rings. The summed E-state index contributed by atoms with van der Waals surface area (Å²) in [6.45, 7) is 7.91. The van der Waals surface area contributed by atoms with Crippen molar-refractivity contribution in [3.63, 3.8) is 0 Å². The molecule has 2 rings (SSSR count). The Morgan fingerprint density at radius 2 is 2.16 bits per heavy atom. The minimum absolute atomic E-state index is 0.161. The third-order valence-corrected chi connectivity index (χ3v) is 4.70. The van der Waals surface area contributed by atoms with Crippen LogP contribution < -0.4 is 5.32 Å². The fourth-order valence-corrected chi connectivity index (χ4v) is 2.90. The molecule has 1 heterocycles. The highest BCUT2D eigenvalue weighted by Crippen LogP contribution is 2.22. The van der Waals surface area contributed by atoms with Gasteiger partial charge < -0.3 is 10.2 Å². The molecule has 1 saturated heterocycles. The van der Waals surface area contributed by atoms with Gasteiger partial charge in [-0.15, -0.1) is 11.8 Å². The Kier molecular flexibility index (Phi) is 4.53. The lowest BCUT2D eigenvalue weighted by Gasteiger charge is -2.39. The van der Waals surface area contributed by atoms with Gasteiger partial charge >= 0.3 is 0 Å². The molecule has 2 atom stereocenters. The molecule has 19 heavy (non-hydrogen) atoms. The zero-order valence-corrected chi connectivity index (χ0v) is 12.9. The van der Waals surface area contributed by atoms with Gasteiger partial charge in [0, 0.05) is 35.6 Å². The molecule has 0 saturated carbocycles. The van der Waals surface area contributed by atoms with Crippen molar-refractivity contribution >= 4 is 17.7 Å². The van der Waals surface area contributed by atoms with Crippen LogP contribution >= 0.6 is 11.8 Å². The molecule has 2 unspecified atom stereocenters. The van der Waals surface area contributed by atoms with E-state index in [4.69, 9.17) is 0 Å². The number of rotatable bonds is 2. The number of hydrogen-bond acceptors (Lipinski definition) is 3. The first kappa shape index (κ1) is 14.4. The van der Waals surface area contributed by atoms with Crippen LogP contribution in [0.5, 0.6) is 0 Å². The monoisotopic (exact) mass is 278 g/mol. The predicted molar refractivity (Wildman–Crippen MR) is 80.9 cm³/mol. The van der Waals surface area contributed by atoms with Crippen molar-refractivity contribution in [1.82, 2.24) is 10.2 Å². The quantitative estimate of drug-likeness (QED) is 0.844. The summed E-state index contributed by atoms with van der Waals surface area (Å²) in [4.78, 5) is 15.9. The van der Waals surface area contributed by atoms with Crippen molar-refractivity contribution in [3.05, 3.63) is 29.3 Å². The predicted octanol–water partition coefficient (Wildman–Crippen LogP) is 2.54. The standard InChI is InChI=1S/C15H22N2OS/c1-10-5-6-13(19-4)9-14(10)15(18)17-8-7-16-11(2)12(17)3/h5-6,9,11-12,16H,7-8H2,1-4H3. The molecule has 104 valence electrons. The van der Waals surface area contributed by atoms with Gasteiger partial charge in [-0.05, 0) is 44.7 Å². The lowest BCUT2D eigenvalue weighted by atomic mass is 10.0. The molecule has 0 aliphatic carbocycles. The van der Waals surface area contributed by atoms with Crippen molar-refractivity contribution in [2.45, 2.75) is 37.8 Å². The third-order valence-electron chi connectivity index (χ3n) is 3.97. The number of nitrogens with one attached hydrogen (secondary N) is 1. The number of amides is 1. The van der Waals surface area contributed by atoms with E-state index in [9.17, 15) is 4.79 Å². The molecule has 0 spiro atoms. The van der Waals surface area contributed by atoms with Gasteiger partial charge in [0.05, 0.1) is 0 Å². The van der Waals surface area contributed by atoms with E-state index in [1.54, 1.807) is 11.8 Å². The number of aryl methyl sites for hydroxylation is 1. The van der Waals surface area contributed by atoms with Crippen LogP contribution in [0, 0.1) is 6.92 Å². The van der Waals surface area contributed by atoms with Crippen LogP contribution in [0.1, 0.15) is 29.8 Å². The molecule has 1 aromatic carbocycles. The number of piperazine rings is 1. The molecular weight excluding hydrogens is 256 g/mol. The molecular formula is C15H22N2OS. The van der Waals surface area contributed by atoms with Crippen LogP contribution in [0.2, 0.25) is 0 Å². The molecule has 0 aromatic heterocycles. The van der Waals surface area contributed by atoms with Gasteiger partial charge in [-0.3, -0.25) is 4.79 Å². The SMILES string of the molecule is CSc1ccc(C)c(C(=O)N2CCNC(C)C2C)c1. The Labute approximate surface area is 119 Å². The van der Waals surface area contributed by atoms with E-state index >= 15 is 0 Å². The van der Waals surface area contributed by atoms with Crippen molar-refractivity contribution in [2.75, 3.05) is 19.3 Å². The van der Waals surface area contributed by atoms with Gasteiger partial charge in [0.15, 0.2) is 0 Å². The maximum absolute atomic E-state index is 12.7. The van der Waals surface area contributed by atoms with E-state index in [1.807, 2.05) is 30.2 Å². The first-order valence-electron chi connectivity index (χ1n) is 6.73. The van der Waals surface area contributed by atoms with E-state index < -0.39 is 0 Å². The van der Waals surface area contributed by atoms with Crippen molar-refractivity contribution in [3.8, 4) is 0 Å². The van der Waals surface area contributed by atoms with Crippen molar-refractivity contribution < 1.29 is 4.79 Å². The lowest BCUT2D eigenvalue weighted by Crippen LogP contribution is -2.57. The fraction of sp³-hybridized carbons (Fsp3) is 0.533. The van der Waals surface area contributed by atoms with Crippen LogP contribution in [0.4, 0.5) is 0 Å². The van der Waals surface area contributed by atoms with Gasteiger partial charge in [0.25, 0.3) is 5.91 Å². The van der Waals surface area contributed by atoms with Crippen LogP contribution in [-0.4, -0.2) is 42.2 Å². The maximum Gasteiger partial charge on any atom is 0.254 e. The summed E-state index contributed by atoms with van der Waals surface area (Å²) < 4.78 is 0. The highest BCUT2D eigenvalue weighted by atomic mass is 32.2. The highest BCUT2D eigenvalue weighted by Gasteiger charge is 2.29. The summed E-state index contributed by atoms with van der Waals surface area (Å²) in [5.74, 6) is 0.161. The van der Waals surface area contributed by atoms with E-state index in [0.29, 0.717) is 6.04 Å². The molecule has 1 aromatic rings. The second-order valence-electron chi connectivity index (χ2n) is 5.16. The smallest absolute Gasteiger partial charge is 0.254 e. The summed E-state index contributed by atoms with van der Waals surface area (Å²) in [7, 11) is 0. The lowest BCUT2D eigenvalue weighted by molar-refractivity contribution is 0.0602. The summed E-state index contributed by atoms with van der Waals surface area (Å²) >= 11 is 1.67. The van der Waals surface area contributed by atoms with Gasteiger partial charge in [-0.1, -0.05) is 6.07 Å². The zero-order valence-electron chi connectivity index (χ0n) is 12.1. The molecule has 1 N–H and O–H groups in total. The molecule has 0 radical (unpaired) electrons. The number of benzene rings is 1. The van der Waals surface area contributed by atoms with Gasteiger partial charge in [-0.2, -0.15) is 0 Å². The minimum atomic E-state index is 0.161. The van der Waals surface area contributed by atoms with Crippen LogP contribution in [0.25, 0.3) is 0 Å². The number of carbonyl (C=O) groups is 1. The fourth-order valence-electron chi connectivity index (χ4n) is 2.46. The van der Waals surface area contributed by atoms with Gasteiger partial charge in [0.1, 0.15) is 0 Å². The molecule has 1 fully saturated rings. The topological polar surface area (TPSA) is 32.3 Å². The number of hydrogen-bond donors (Lipinski definition) is 1.